The van der Waals surface area contributed by atoms with Crippen molar-refractivity contribution in [3.63, 3.8) is 0 Å². The van der Waals surface area contributed by atoms with Gasteiger partial charge in [-0.05, 0) is 12.3 Å². The molecule has 0 atom stereocenters. The van der Waals surface area contributed by atoms with Crippen molar-refractivity contribution in [2.75, 3.05) is 6.26 Å². The third-order valence-electron chi connectivity index (χ3n) is 1.38. The fourth-order valence-corrected chi connectivity index (χ4v) is 1.62. The molecule has 1 aromatic rings. The molecule has 0 aromatic carbocycles. The zero-order valence-electron chi connectivity index (χ0n) is 8.96. The van der Waals surface area contributed by atoms with E-state index in [9.17, 15) is 0 Å². The minimum atomic E-state index is -1.30. The summed E-state index contributed by atoms with van der Waals surface area (Å²) in [5, 5.41) is 0.785. The molecule has 1 heterocycles. The van der Waals surface area contributed by atoms with Crippen LogP contribution in [0.4, 0.5) is 0 Å². The standard InChI is InChI=1S/C10H14N2SSi/c1-13-10-11-7-5-9(12-10)6-8-14(2,3)4/h5,7H,1-4H3. The van der Waals surface area contributed by atoms with Gasteiger partial charge in [-0.2, -0.15) is 0 Å². The second-order valence-corrected chi connectivity index (χ2v) is 9.45. The maximum Gasteiger partial charge on any atom is 0.188 e. The molecule has 1 rings (SSSR count). The van der Waals surface area contributed by atoms with Crippen molar-refractivity contribution >= 4 is 19.8 Å². The summed E-state index contributed by atoms with van der Waals surface area (Å²) in [6.07, 6.45) is 3.72. The number of rotatable bonds is 1. The molecule has 0 saturated carbocycles. The zero-order valence-corrected chi connectivity index (χ0v) is 10.8. The van der Waals surface area contributed by atoms with Crippen LogP contribution in [0.3, 0.4) is 0 Å². The van der Waals surface area contributed by atoms with Crippen LogP contribution in [0, 0.1) is 11.5 Å². The minimum Gasteiger partial charge on any atom is -0.231 e. The smallest absolute Gasteiger partial charge is 0.188 e. The average Bonchev–Trinajstić information content (AvgIpc) is 2.14. The molecule has 0 unspecified atom stereocenters. The van der Waals surface area contributed by atoms with Gasteiger partial charge in [0, 0.05) is 6.20 Å². The first-order chi connectivity index (χ1) is 6.51. The normalized spacial score (nSPS) is 10.6. The Hall–Kier alpha value is -0.793. The Morgan fingerprint density at radius 2 is 2.07 bits per heavy atom. The van der Waals surface area contributed by atoms with E-state index < -0.39 is 8.07 Å². The highest BCUT2D eigenvalue weighted by Gasteiger charge is 2.07. The lowest BCUT2D eigenvalue weighted by Crippen LogP contribution is -2.16. The average molecular weight is 222 g/mol. The number of aromatic nitrogens is 2. The Labute approximate surface area is 90.6 Å². The molecule has 0 aliphatic rings. The summed E-state index contributed by atoms with van der Waals surface area (Å²) >= 11 is 1.54. The minimum absolute atomic E-state index is 0.785. The summed E-state index contributed by atoms with van der Waals surface area (Å²) < 4.78 is 0. The first kappa shape index (κ1) is 11.3. The second-order valence-electron chi connectivity index (χ2n) is 3.93. The van der Waals surface area contributed by atoms with E-state index in [0.29, 0.717) is 0 Å². The van der Waals surface area contributed by atoms with Crippen LogP contribution in [0.5, 0.6) is 0 Å². The van der Waals surface area contributed by atoms with Gasteiger partial charge in [-0.1, -0.05) is 37.3 Å². The van der Waals surface area contributed by atoms with E-state index in [1.165, 1.54) is 11.8 Å². The van der Waals surface area contributed by atoms with Crippen LogP contribution in [0.1, 0.15) is 5.69 Å². The zero-order chi connectivity index (χ0) is 10.6. The molecule has 4 heteroatoms. The highest BCUT2D eigenvalue weighted by Crippen LogP contribution is 2.07. The fourth-order valence-electron chi connectivity index (χ4n) is 0.760. The van der Waals surface area contributed by atoms with Gasteiger partial charge in [0.25, 0.3) is 0 Å². The Bertz CT molecular complexity index is 374. The van der Waals surface area contributed by atoms with E-state index in [1.54, 1.807) is 6.20 Å². The highest BCUT2D eigenvalue weighted by atomic mass is 32.2. The molecule has 0 radical (unpaired) electrons. The van der Waals surface area contributed by atoms with Gasteiger partial charge < -0.3 is 0 Å². The van der Waals surface area contributed by atoms with E-state index in [1.807, 2.05) is 12.3 Å². The molecular weight excluding hydrogens is 208 g/mol. The molecule has 0 fully saturated rings. The first-order valence-electron chi connectivity index (χ1n) is 4.41. The first-order valence-corrected chi connectivity index (χ1v) is 9.14. The quantitative estimate of drug-likeness (QED) is 0.316. The molecule has 0 aliphatic carbocycles. The number of nitrogens with zero attached hydrogens (tertiary/aromatic N) is 2. The van der Waals surface area contributed by atoms with E-state index in [-0.39, 0.29) is 0 Å². The van der Waals surface area contributed by atoms with Gasteiger partial charge in [0.2, 0.25) is 0 Å². The molecule has 74 valence electrons. The van der Waals surface area contributed by atoms with Crippen molar-refractivity contribution in [3.8, 4) is 11.5 Å². The van der Waals surface area contributed by atoms with Crippen molar-refractivity contribution in [1.29, 1.82) is 0 Å². The Morgan fingerprint density at radius 3 is 2.64 bits per heavy atom. The van der Waals surface area contributed by atoms with E-state index in [0.717, 1.165) is 10.9 Å². The monoisotopic (exact) mass is 222 g/mol. The summed E-state index contributed by atoms with van der Waals surface area (Å²) in [7, 11) is -1.30. The van der Waals surface area contributed by atoms with Gasteiger partial charge >= 0.3 is 0 Å². The Morgan fingerprint density at radius 1 is 1.36 bits per heavy atom. The molecule has 1 aromatic heterocycles. The summed E-state index contributed by atoms with van der Waals surface area (Å²) in [6, 6.07) is 1.85. The molecule has 0 amide bonds. The van der Waals surface area contributed by atoms with Gasteiger partial charge in [0.05, 0.1) is 0 Å². The fraction of sp³-hybridized carbons (Fsp3) is 0.400. The van der Waals surface area contributed by atoms with Crippen molar-refractivity contribution in [2.45, 2.75) is 24.8 Å². The number of hydrogen-bond acceptors (Lipinski definition) is 3. The van der Waals surface area contributed by atoms with E-state index in [2.05, 4.69) is 41.1 Å². The molecule has 0 spiro atoms. The molecule has 0 aliphatic heterocycles. The Balaban J connectivity index is 2.90. The van der Waals surface area contributed by atoms with Crippen molar-refractivity contribution in [3.05, 3.63) is 18.0 Å². The summed E-state index contributed by atoms with van der Waals surface area (Å²) in [5.41, 5.74) is 4.10. The van der Waals surface area contributed by atoms with Crippen LogP contribution in [0.15, 0.2) is 17.4 Å². The lowest BCUT2D eigenvalue weighted by Gasteiger charge is -2.03. The summed E-state index contributed by atoms with van der Waals surface area (Å²) in [4.78, 5) is 8.39. The van der Waals surface area contributed by atoms with Gasteiger partial charge in [-0.15, -0.1) is 5.54 Å². The predicted octanol–water partition coefficient (Wildman–Crippen LogP) is 2.43. The topological polar surface area (TPSA) is 25.8 Å². The van der Waals surface area contributed by atoms with Gasteiger partial charge in [0.15, 0.2) is 5.16 Å². The Kier molecular flexibility index (Phi) is 3.73. The highest BCUT2D eigenvalue weighted by molar-refractivity contribution is 7.98. The third-order valence-corrected chi connectivity index (χ3v) is 2.82. The van der Waals surface area contributed by atoms with Crippen molar-refractivity contribution in [1.82, 2.24) is 9.97 Å². The van der Waals surface area contributed by atoms with Gasteiger partial charge in [0.1, 0.15) is 13.8 Å². The lowest BCUT2D eigenvalue weighted by atomic mass is 10.4. The van der Waals surface area contributed by atoms with Crippen LogP contribution in [-0.4, -0.2) is 24.3 Å². The van der Waals surface area contributed by atoms with Crippen LogP contribution < -0.4 is 0 Å². The van der Waals surface area contributed by atoms with Gasteiger partial charge in [-0.3, -0.25) is 0 Å². The SMILES string of the molecule is CSc1nccc(C#C[Si](C)(C)C)n1. The van der Waals surface area contributed by atoms with Crippen LogP contribution in [0.2, 0.25) is 19.6 Å². The van der Waals surface area contributed by atoms with Crippen molar-refractivity contribution < 1.29 is 0 Å². The molecule has 14 heavy (non-hydrogen) atoms. The molecule has 0 N–H and O–H groups in total. The van der Waals surface area contributed by atoms with Gasteiger partial charge in [-0.25, -0.2) is 9.97 Å². The van der Waals surface area contributed by atoms with Crippen LogP contribution >= 0.6 is 11.8 Å². The third kappa shape index (κ3) is 3.94. The van der Waals surface area contributed by atoms with Crippen LogP contribution in [-0.2, 0) is 0 Å². The number of hydrogen-bond donors (Lipinski definition) is 0. The van der Waals surface area contributed by atoms with E-state index in [4.69, 9.17) is 0 Å². The summed E-state index contributed by atoms with van der Waals surface area (Å²) in [5.74, 6) is 3.11. The maximum absolute atomic E-state index is 4.29. The molecule has 0 bridgehead atoms. The van der Waals surface area contributed by atoms with Crippen LogP contribution in [0.25, 0.3) is 0 Å². The molecule has 2 nitrogen and oxygen atoms in total. The summed E-state index contributed by atoms with van der Waals surface area (Å²) in [6.45, 7) is 6.66. The molecule has 0 saturated heterocycles. The second kappa shape index (κ2) is 4.62. The lowest BCUT2D eigenvalue weighted by molar-refractivity contribution is 0.958. The number of thioether (sulfide) groups is 1. The van der Waals surface area contributed by atoms with E-state index >= 15 is 0 Å². The van der Waals surface area contributed by atoms with Crippen molar-refractivity contribution in [2.24, 2.45) is 0 Å². The molecular formula is C10H14N2SSi. The predicted molar refractivity (Wildman–Crippen MR) is 64.0 cm³/mol. The maximum atomic E-state index is 4.29. The largest absolute Gasteiger partial charge is 0.231 e.